The van der Waals surface area contributed by atoms with E-state index >= 15 is 0 Å². The minimum atomic E-state index is 0. The number of carbonyl (C=O) groups excluding carboxylic acids is 1. The molecule has 0 amide bonds. The van der Waals surface area contributed by atoms with Crippen molar-refractivity contribution >= 4 is 51.0 Å². The Balaban J connectivity index is 0.00000169. The van der Waals surface area contributed by atoms with Gasteiger partial charge in [-0.2, -0.15) is 0 Å². The first kappa shape index (κ1) is 16.7. The number of ether oxygens (including phenoxy) is 1. The van der Waals surface area contributed by atoms with Gasteiger partial charge in [0, 0.05) is 27.8 Å². The minimum absolute atomic E-state index is 0. The van der Waals surface area contributed by atoms with E-state index in [1.165, 1.54) is 0 Å². The molecule has 0 unspecified atom stereocenters. The van der Waals surface area contributed by atoms with Gasteiger partial charge in [0.05, 0.1) is 5.56 Å². The molecule has 0 atom stereocenters. The predicted octanol–water partition coefficient (Wildman–Crippen LogP) is 5.08. The lowest BCUT2D eigenvalue weighted by Gasteiger charge is -2.19. The molecule has 0 saturated carbocycles. The zero-order valence-electron chi connectivity index (χ0n) is 12.5. The van der Waals surface area contributed by atoms with E-state index < -0.39 is 0 Å². The number of hydrogen-bond acceptors (Lipinski definition) is 3. The normalized spacial score (nSPS) is 14.9. The molecule has 0 N–H and O–H groups in total. The molecule has 1 aliphatic rings. The second kappa shape index (κ2) is 6.75. The molecular formula is C19H13BrClNO2. The summed E-state index contributed by atoms with van der Waals surface area (Å²) in [7, 11) is 0. The van der Waals surface area contributed by atoms with Crippen LogP contribution in [0.4, 0.5) is 0 Å². The quantitative estimate of drug-likeness (QED) is 0.533. The topological polar surface area (TPSA) is 39.2 Å². The monoisotopic (exact) mass is 401 g/mol. The molecule has 1 aromatic heterocycles. The SMILES string of the molecule is Cl.O=C1/C(=C\c2ccc3cnccc3c2)COc2ccc(Br)cc21. The van der Waals surface area contributed by atoms with Crippen LogP contribution in [0.25, 0.3) is 16.8 Å². The molecule has 0 radical (unpaired) electrons. The second-order valence-electron chi connectivity index (χ2n) is 5.41. The van der Waals surface area contributed by atoms with Crippen LogP contribution in [-0.4, -0.2) is 17.4 Å². The van der Waals surface area contributed by atoms with E-state index in [1.807, 2.05) is 48.7 Å². The lowest BCUT2D eigenvalue weighted by Crippen LogP contribution is -2.18. The first-order valence-corrected chi connectivity index (χ1v) is 8.01. The lowest BCUT2D eigenvalue weighted by atomic mass is 9.98. The van der Waals surface area contributed by atoms with Gasteiger partial charge >= 0.3 is 0 Å². The molecule has 24 heavy (non-hydrogen) atoms. The van der Waals surface area contributed by atoms with Crippen molar-refractivity contribution in [1.29, 1.82) is 0 Å². The molecule has 0 fully saturated rings. The predicted molar refractivity (Wildman–Crippen MR) is 101 cm³/mol. The van der Waals surface area contributed by atoms with Gasteiger partial charge in [-0.1, -0.05) is 28.1 Å². The number of rotatable bonds is 1. The third-order valence-electron chi connectivity index (χ3n) is 3.87. The van der Waals surface area contributed by atoms with Gasteiger partial charge in [0.25, 0.3) is 0 Å². The highest BCUT2D eigenvalue weighted by molar-refractivity contribution is 9.10. The lowest BCUT2D eigenvalue weighted by molar-refractivity contribution is 0.100. The molecule has 120 valence electrons. The van der Waals surface area contributed by atoms with Gasteiger partial charge in [-0.15, -0.1) is 12.4 Å². The molecule has 4 rings (SSSR count). The van der Waals surface area contributed by atoms with Crippen LogP contribution in [-0.2, 0) is 0 Å². The Labute approximate surface area is 153 Å². The van der Waals surface area contributed by atoms with Crippen molar-refractivity contribution in [2.75, 3.05) is 6.61 Å². The molecule has 2 heterocycles. The smallest absolute Gasteiger partial charge is 0.196 e. The summed E-state index contributed by atoms with van der Waals surface area (Å²) >= 11 is 3.40. The zero-order valence-corrected chi connectivity index (χ0v) is 14.9. The maximum absolute atomic E-state index is 12.7. The van der Waals surface area contributed by atoms with E-state index in [1.54, 1.807) is 12.3 Å². The Morgan fingerprint density at radius 3 is 2.83 bits per heavy atom. The highest BCUT2D eigenvalue weighted by Crippen LogP contribution is 2.30. The van der Waals surface area contributed by atoms with Crippen molar-refractivity contribution < 1.29 is 9.53 Å². The first-order valence-electron chi connectivity index (χ1n) is 7.22. The molecule has 3 nitrogen and oxygen atoms in total. The molecule has 0 aliphatic carbocycles. The average molecular weight is 403 g/mol. The molecule has 0 saturated heterocycles. The number of benzene rings is 2. The van der Waals surface area contributed by atoms with Gasteiger partial charge in [0.2, 0.25) is 0 Å². The van der Waals surface area contributed by atoms with Gasteiger partial charge in [-0.05, 0) is 47.4 Å². The van der Waals surface area contributed by atoms with Crippen molar-refractivity contribution in [3.63, 3.8) is 0 Å². The largest absolute Gasteiger partial charge is 0.488 e. The van der Waals surface area contributed by atoms with Crippen LogP contribution in [0, 0.1) is 0 Å². The van der Waals surface area contributed by atoms with Gasteiger partial charge in [-0.3, -0.25) is 9.78 Å². The summed E-state index contributed by atoms with van der Waals surface area (Å²) in [6.07, 6.45) is 5.49. The molecule has 3 aromatic rings. The van der Waals surface area contributed by atoms with Crippen molar-refractivity contribution in [2.45, 2.75) is 0 Å². The van der Waals surface area contributed by atoms with Crippen LogP contribution < -0.4 is 4.74 Å². The zero-order chi connectivity index (χ0) is 15.8. The van der Waals surface area contributed by atoms with Gasteiger partial charge in [0.15, 0.2) is 5.78 Å². The number of halogens is 2. The standard InChI is InChI=1S/C19H12BrNO2.ClH/c20-16-3-4-18-17(9-16)19(22)15(11-23-18)8-12-1-2-14-10-21-6-5-13(14)7-12;/h1-10H,11H2;1H/b15-8-;. The third kappa shape index (κ3) is 3.07. The number of hydrogen-bond donors (Lipinski definition) is 0. The van der Waals surface area contributed by atoms with Crippen molar-refractivity contribution in [3.8, 4) is 5.75 Å². The second-order valence-corrected chi connectivity index (χ2v) is 6.33. The Morgan fingerprint density at radius 2 is 1.96 bits per heavy atom. The van der Waals surface area contributed by atoms with Crippen molar-refractivity contribution in [2.24, 2.45) is 0 Å². The van der Waals surface area contributed by atoms with E-state index in [0.717, 1.165) is 20.8 Å². The number of fused-ring (bicyclic) bond motifs is 2. The third-order valence-corrected chi connectivity index (χ3v) is 4.36. The highest BCUT2D eigenvalue weighted by Gasteiger charge is 2.23. The fourth-order valence-corrected chi connectivity index (χ4v) is 3.06. The molecule has 0 spiro atoms. The summed E-state index contributed by atoms with van der Waals surface area (Å²) in [5.41, 5.74) is 2.24. The van der Waals surface area contributed by atoms with E-state index in [-0.39, 0.29) is 18.2 Å². The Kier molecular flexibility index (Phi) is 4.69. The first-order chi connectivity index (χ1) is 11.2. The van der Waals surface area contributed by atoms with Crippen LogP contribution in [0.5, 0.6) is 5.75 Å². The maximum Gasteiger partial charge on any atom is 0.196 e. The molecule has 2 aromatic carbocycles. The van der Waals surface area contributed by atoms with Crippen LogP contribution in [0.2, 0.25) is 0 Å². The van der Waals surface area contributed by atoms with Crippen LogP contribution in [0.3, 0.4) is 0 Å². The highest BCUT2D eigenvalue weighted by atomic mass is 79.9. The Bertz CT molecular complexity index is 968. The molecule has 0 bridgehead atoms. The summed E-state index contributed by atoms with van der Waals surface area (Å²) in [5, 5.41) is 2.18. The number of nitrogens with zero attached hydrogens (tertiary/aromatic N) is 1. The number of ketones is 1. The fraction of sp³-hybridized carbons (Fsp3) is 0.0526. The number of pyridine rings is 1. The van der Waals surface area contributed by atoms with Gasteiger partial charge < -0.3 is 4.74 Å². The van der Waals surface area contributed by atoms with Crippen LogP contribution in [0.15, 0.2) is 64.9 Å². The van der Waals surface area contributed by atoms with E-state index in [4.69, 9.17) is 4.74 Å². The summed E-state index contributed by atoms with van der Waals surface area (Å²) in [6, 6.07) is 13.5. The number of Topliss-reactive ketones (excluding diaryl/α,β-unsaturated/α-hetero) is 1. The van der Waals surface area contributed by atoms with Gasteiger partial charge in [-0.25, -0.2) is 0 Å². The van der Waals surface area contributed by atoms with E-state index in [9.17, 15) is 4.79 Å². The molecule has 5 heteroatoms. The number of aromatic nitrogens is 1. The Morgan fingerprint density at radius 1 is 1.08 bits per heavy atom. The summed E-state index contributed by atoms with van der Waals surface area (Å²) < 4.78 is 6.57. The summed E-state index contributed by atoms with van der Waals surface area (Å²) in [6.45, 7) is 0.294. The summed E-state index contributed by atoms with van der Waals surface area (Å²) in [4.78, 5) is 16.8. The fourth-order valence-electron chi connectivity index (χ4n) is 2.70. The molecule has 1 aliphatic heterocycles. The van der Waals surface area contributed by atoms with E-state index in [2.05, 4.69) is 20.9 Å². The molecular weight excluding hydrogens is 390 g/mol. The Hall–Kier alpha value is -2.17. The van der Waals surface area contributed by atoms with Crippen LogP contribution in [0.1, 0.15) is 15.9 Å². The average Bonchev–Trinajstić information content (AvgIpc) is 2.58. The minimum Gasteiger partial charge on any atom is -0.488 e. The van der Waals surface area contributed by atoms with E-state index in [0.29, 0.717) is 23.5 Å². The van der Waals surface area contributed by atoms with Crippen molar-refractivity contribution in [1.82, 2.24) is 4.98 Å². The van der Waals surface area contributed by atoms with Gasteiger partial charge in [0.1, 0.15) is 12.4 Å². The summed E-state index contributed by atoms with van der Waals surface area (Å²) in [5.74, 6) is 0.655. The maximum atomic E-state index is 12.7. The number of carbonyl (C=O) groups is 1. The van der Waals surface area contributed by atoms with Crippen molar-refractivity contribution in [3.05, 3.63) is 76.0 Å². The van der Waals surface area contributed by atoms with Crippen LogP contribution >= 0.6 is 28.3 Å².